The van der Waals surface area contributed by atoms with Crippen LogP contribution in [0.3, 0.4) is 0 Å². The van der Waals surface area contributed by atoms with Gasteiger partial charge in [0.1, 0.15) is 0 Å². The standard InChI is InChI=1S/C21H20ClN3O/c1-26-20-7-6-16(13-24-20)25-14-21(9-10-21)15-8-11-23-19(12-15)17-4-2-3-5-18(17)22/h2-8,11-13,25H,9-10,14H2,1H3. The van der Waals surface area contributed by atoms with E-state index in [-0.39, 0.29) is 5.41 Å². The molecule has 0 saturated heterocycles. The number of nitrogens with zero attached hydrogens (tertiary/aromatic N) is 2. The minimum Gasteiger partial charge on any atom is -0.481 e. The van der Waals surface area contributed by atoms with Crippen molar-refractivity contribution in [1.29, 1.82) is 0 Å². The van der Waals surface area contributed by atoms with Crippen LogP contribution in [0.25, 0.3) is 11.3 Å². The average molecular weight is 366 g/mol. The molecule has 0 radical (unpaired) electrons. The maximum absolute atomic E-state index is 6.34. The van der Waals surface area contributed by atoms with Crippen molar-refractivity contribution in [2.45, 2.75) is 18.3 Å². The summed E-state index contributed by atoms with van der Waals surface area (Å²) in [6, 6.07) is 16.0. The van der Waals surface area contributed by atoms with Gasteiger partial charge in [0.15, 0.2) is 0 Å². The highest BCUT2D eigenvalue weighted by Gasteiger charge is 2.44. The summed E-state index contributed by atoms with van der Waals surface area (Å²) in [6.07, 6.45) is 6.00. The van der Waals surface area contributed by atoms with Gasteiger partial charge in [-0.25, -0.2) is 4.98 Å². The van der Waals surface area contributed by atoms with Gasteiger partial charge in [-0.05, 0) is 42.7 Å². The fourth-order valence-electron chi connectivity index (χ4n) is 3.17. The van der Waals surface area contributed by atoms with E-state index in [1.807, 2.05) is 42.6 Å². The lowest BCUT2D eigenvalue weighted by molar-refractivity contribution is 0.398. The fourth-order valence-corrected chi connectivity index (χ4v) is 3.40. The van der Waals surface area contributed by atoms with Crippen LogP contribution in [0.15, 0.2) is 60.9 Å². The summed E-state index contributed by atoms with van der Waals surface area (Å²) in [6.45, 7) is 0.868. The van der Waals surface area contributed by atoms with Crippen molar-refractivity contribution in [3.05, 3.63) is 71.5 Å². The molecule has 0 bridgehead atoms. The third-order valence-corrected chi connectivity index (χ3v) is 5.28. The van der Waals surface area contributed by atoms with Crippen LogP contribution in [0.5, 0.6) is 5.88 Å². The van der Waals surface area contributed by atoms with E-state index in [2.05, 4.69) is 27.4 Å². The maximum Gasteiger partial charge on any atom is 0.213 e. The quantitative estimate of drug-likeness (QED) is 0.671. The van der Waals surface area contributed by atoms with Gasteiger partial charge < -0.3 is 10.1 Å². The first kappa shape index (κ1) is 16.9. The maximum atomic E-state index is 6.34. The van der Waals surface area contributed by atoms with Gasteiger partial charge in [-0.15, -0.1) is 0 Å². The SMILES string of the molecule is COc1ccc(NCC2(c3ccnc(-c4ccccc4Cl)c3)CC2)cn1. The minimum atomic E-state index is 0.152. The second-order valence-electron chi connectivity index (χ2n) is 6.63. The predicted molar refractivity (Wildman–Crippen MR) is 105 cm³/mol. The zero-order valence-electron chi connectivity index (χ0n) is 14.6. The van der Waals surface area contributed by atoms with Crippen molar-refractivity contribution in [2.75, 3.05) is 19.0 Å². The number of pyridine rings is 2. The van der Waals surface area contributed by atoms with Crippen LogP contribution >= 0.6 is 11.6 Å². The molecule has 0 aliphatic heterocycles. The van der Waals surface area contributed by atoms with Crippen molar-refractivity contribution in [3.63, 3.8) is 0 Å². The lowest BCUT2D eigenvalue weighted by Gasteiger charge is -2.18. The van der Waals surface area contributed by atoms with Gasteiger partial charge >= 0.3 is 0 Å². The Morgan fingerprint density at radius 1 is 1.12 bits per heavy atom. The van der Waals surface area contributed by atoms with E-state index in [4.69, 9.17) is 16.3 Å². The molecule has 0 spiro atoms. The summed E-state index contributed by atoms with van der Waals surface area (Å²) in [4.78, 5) is 8.77. The Kier molecular flexibility index (Phi) is 4.51. The van der Waals surface area contributed by atoms with Crippen LogP contribution in [0, 0.1) is 0 Å². The first-order chi connectivity index (χ1) is 12.7. The number of hydrogen-bond donors (Lipinski definition) is 1. The average Bonchev–Trinajstić information content (AvgIpc) is 3.49. The van der Waals surface area contributed by atoms with Gasteiger partial charge in [-0.2, -0.15) is 0 Å². The molecular formula is C21H20ClN3O. The van der Waals surface area contributed by atoms with Gasteiger partial charge in [0.2, 0.25) is 5.88 Å². The molecule has 0 atom stereocenters. The Balaban J connectivity index is 1.53. The summed E-state index contributed by atoms with van der Waals surface area (Å²) >= 11 is 6.34. The van der Waals surface area contributed by atoms with Crippen molar-refractivity contribution >= 4 is 17.3 Å². The Labute approximate surface area is 158 Å². The van der Waals surface area contributed by atoms with Crippen LogP contribution in [0.4, 0.5) is 5.69 Å². The minimum absolute atomic E-state index is 0.152. The summed E-state index contributed by atoms with van der Waals surface area (Å²) < 4.78 is 5.10. The Morgan fingerprint density at radius 2 is 1.96 bits per heavy atom. The molecule has 1 aliphatic rings. The lowest BCUT2D eigenvalue weighted by Crippen LogP contribution is -2.19. The van der Waals surface area contributed by atoms with E-state index in [9.17, 15) is 0 Å². The van der Waals surface area contributed by atoms with Crippen LogP contribution in [0.2, 0.25) is 5.02 Å². The summed E-state index contributed by atoms with van der Waals surface area (Å²) in [7, 11) is 1.62. The van der Waals surface area contributed by atoms with E-state index < -0.39 is 0 Å². The number of aromatic nitrogens is 2. The van der Waals surface area contributed by atoms with Crippen LogP contribution < -0.4 is 10.1 Å². The van der Waals surface area contributed by atoms with Crippen molar-refractivity contribution in [2.24, 2.45) is 0 Å². The monoisotopic (exact) mass is 365 g/mol. The van der Waals surface area contributed by atoms with Gasteiger partial charge in [-0.3, -0.25) is 4.98 Å². The number of hydrogen-bond acceptors (Lipinski definition) is 4. The molecule has 0 unspecified atom stereocenters. The van der Waals surface area contributed by atoms with E-state index in [0.717, 1.165) is 41.4 Å². The summed E-state index contributed by atoms with van der Waals surface area (Å²) in [5.41, 5.74) is 4.34. The van der Waals surface area contributed by atoms with Gasteiger partial charge in [0, 0.05) is 34.8 Å². The van der Waals surface area contributed by atoms with E-state index in [1.54, 1.807) is 13.3 Å². The highest BCUT2D eigenvalue weighted by molar-refractivity contribution is 6.33. The van der Waals surface area contributed by atoms with Crippen LogP contribution in [-0.2, 0) is 5.41 Å². The van der Waals surface area contributed by atoms with E-state index in [0.29, 0.717) is 5.88 Å². The second-order valence-corrected chi connectivity index (χ2v) is 7.04. The third kappa shape index (κ3) is 3.37. The van der Waals surface area contributed by atoms with Crippen molar-refractivity contribution < 1.29 is 4.74 Å². The largest absolute Gasteiger partial charge is 0.481 e. The van der Waals surface area contributed by atoms with E-state index in [1.165, 1.54) is 5.56 Å². The Morgan fingerprint density at radius 3 is 2.65 bits per heavy atom. The molecule has 1 N–H and O–H groups in total. The number of halogens is 1. The summed E-state index contributed by atoms with van der Waals surface area (Å²) in [5.74, 6) is 0.621. The topological polar surface area (TPSA) is 47.0 Å². The molecule has 26 heavy (non-hydrogen) atoms. The third-order valence-electron chi connectivity index (χ3n) is 4.95. The molecule has 0 amide bonds. The van der Waals surface area contributed by atoms with Crippen molar-refractivity contribution in [3.8, 4) is 17.1 Å². The molecule has 2 aromatic heterocycles. The lowest BCUT2D eigenvalue weighted by atomic mass is 9.95. The van der Waals surface area contributed by atoms with Crippen LogP contribution in [0.1, 0.15) is 18.4 Å². The number of methoxy groups -OCH3 is 1. The molecule has 1 fully saturated rings. The Bertz CT molecular complexity index is 907. The van der Waals surface area contributed by atoms with Crippen LogP contribution in [-0.4, -0.2) is 23.6 Å². The normalized spacial score (nSPS) is 14.7. The molecule has 5 heteroatoms. The highest BCUT2D eigenvalue weighted by atomic mass is 35.5. The zero-order chi connectivity index (χ0) is 18.0. The van der Waals surface area contributed by atoms with Gasteiger partial charge in [0.25, 0.3) is 0 Å². The number of benzene rings is 1. The molecule has 1 saturated carbocycles. The zero-order valence-corrected chi connectivity index (χ0v) is 15.3. The molecule has 4 nitrogen and oxygen atoms in total. The summed E-state index contributed by atoms with van der Waals surface area (Å²) in [5, 5.41) is 4.23. The fraction of sp³-hybridized carbons (Fsp3) is 0.238. The molecule has 4 rings (SSSR count). The molecule has 1 aliphatic carbocycles. The highest BCUT2D eigenvalue weighted by Crippen LogP contribution is 2.48. The number of nitrogens with one attached hydrogen (secondary N) is 1. The van der Waals surface area contributed by atoms with Crippen molar-refractivity contribution in [1.82, 2.24) is 9.97 Å². The first-order valence-corrected chi connectivity index (χ1v) is 9.03. The van der Waals surface area contributed by atoms with Gasteiger partial charge in [0.05, 0.1) is 24.7 Å². The molecule has 1 aromatic carbocycles. The number of anilines is 1. The molecule has 132 valence electrons. The first-order valence-electron chi connectivity index (χ1n) is 8.66. The molecule has 2 heterocycles. The Hall–Kier alpha value is -2.59. The second kappa shape index (κ2) is 6.96. The number of ether oxygens (including phenoxy) is 1. The molecular weight excluding hydrogens is 346 g/mol. The molecule has 3 aromatic rings. The van der Waals surface area contributed by atoms with E-state index >= 15 is 0 Å². The predicted octanol–water partition coefficient (Wildman–Crippen LogP) is 4.95. The smallest absolute Gasteiger partial charge is 0.213 e. The number of rotatable bonds is 6. The van der Waals surface area contributed by atoms with Gasteiger partial charge in [-0.1, -0.05) is 29.8 Å².